The Morgan fingerprint density at radius 3 is 2.50 bits per heavy atom. The molecule has 0 radical (unpaired) electrons. The molecule has 1 aromatic heterocycles. The van der Waals surface area contributed by atoms with Crippen molar-refractivity contribution in [2.75, 3.05) is 10.6 Å². The van der Waals surface area contributed by atoms with Crippen LogP contribution in [0.5, 0.6) is 5.75 Å². The molecular weight excluding hydrogens is 352 g/mol. The summed E-state index contributed by atoms with van der Waals surface area (Å²) in [6.45, 7) is 3.91. The number of nitrogens with one attached hydrogen (secondary N) is 2. The third-order valence-electron chi connectivity index (χ3n) is 3.76. The molecule has 28 heavy (non-hydrogen) atoms. The second-order valence-electron chi connectivity index (χ2n) is 6.39. The van der Waals surface area contributed by atoms with Crippen LogP contribution in [0.25, 0.3) is 0 Å². The Bertz CT molecular complexity index is 1010. The van der Waals surface area contributed by atoms with Gasteiger partial charge in [-0.2, -0.15) is 5.26 Å². The number of nitrogens with zero attached hydrogens (tertiary/aromatic N) is 2. The number of benzene rings is 2. The van der Waals surface area contributed by atoms with Crippen molar-refractivity contribution in [1.82, 2.24) is 4.98 Å². The minimum Gasteiger partial charge on any atom is -0.491 e. The van der Waals surface area contributed by atoms with E-state index in [1.165, 1.54) is 0 Å². The Hall–Kier alpha value is -3.85. The van der Waals surface area contributed by atoms with E-state index < -0.39 is 0 Å². The summed E-state index contributed by atoms with van der Waals surface area (Å²) in [5, 5.41) is 15.0. The first-order chi connectivity index (χ1) is 13.5. The number of ether oxygens (including phenoxy) is 1. The number of pyridine rings is 1. The molecule has 3 rings (SSSR count). The zero-order valence-corrected chi connectivity index (χ0v) is 15.6. The predicted octanol–water partition coefficient (Wildman–Crippen LogP) is 4.74. The average Bonchev–Trinajstić information content (AvgIpc) is 2.69. The van der Waals surface area contributed by atoms with Crippen molar-refractivity contribution in [3.8, 4) is 11.8 Å². The van der Waals surface area contributed by atoms with Gasteiger partial charge in [0, 0.05) is 23.3 Å². The Morgan fingerprint density at radius 1 is 1.04 bits per heavy atom. The van der Waals surface area contributed by atoms with E-state index in [1.807, 2.05) is 32.0 Å². The van der Waals surface area contributed by atoms with Crippen LogP contribution in [0, 0.1) is 11.3 Å². The topological polar surface area (TPSA) is 87.0 Å². The van der Waals surface area contributed by atoms with Crippen LogP contribution in [0.4, 0.5) is 17.1 Å². The van der Waals surface area contributed by atoms with E-state index in [-0.39, 0.29) is 17.7 Å². The van der Waals surface area contributed by atoms with Crippen LogP contribution in [0.1, 0.15) is 29.9 Å². The third kappa shape index (κ3) is 5.08. The van der Waals surface area contributed by atoms with Crippen molar-refractivity contribution in [3.63, 3.8) is 0 Å². The van der Waals surface area contributed by atoms with Gasteiger partial charge in [-0.3, -0.25) is 9.78 Å². The van der Waals surface area contributed by atoms with Gasteiger partial charge in [0.25, 0.3) is 5.91 Å². The van der Waals surface area contributed by atoms with E-state index in [0.717, 1.165) is 11.4 Å². The summed E-state index contributed by atoms with van der Waals surface area (Å²) >= 11 is 0. The van der Waals surface area contributed by atoms with Gasteiger partial charge in [-0.05, 0) is 68.4 Å². The molecule has 2 aromatic carbocycles. The molecule has 0 unspecified atom stereocenters. The lowest BCUT2D eigenvalue weighted by atomic mass is 10.2. The lowest BCUT2D eigenvalue weighted by molar-refractivity contribution is 0.102. The second-order valence-corrected chi connectivity index (χ2v) is 6.39. The molecule has 0 aliphatic rings. The number of rotatable bonds is 6. The van der Waals surface area contributed by atoms with Crippen molar-refractivity contribution in [1.29, 1.82) is 5.26 Å². The number of nitriles is 1. The number of hydrogen-bond donors (Lipinski definition) is 2. The summed E-state index contributed by atoms with van der Waals surface area (Å²) in [5.74, 6) is 0.434. The van der Waals surface area contributed by atoms with Crippen molar-refractivity contribution in [2.45, 2.75) is 20.0 Å². The van der Waals surface area contributed by atoms with Crippen molar-refractivity contribution < 1.29 is 9.53 Å². The lowest BCUT2D eigenvalue weighted by Gasteiger charge is -2.11. The van der Waals surface area contributed by atoms with Gasteiger partial charge < -0.3 is 15.4 Å². The Kier molecular flexibility index (Phi) is 5.87. The number of hydrogen-bond acceptors (Lipinski definition) is 5. The van der Waals surface area contributed by atoms with E-state index in [9.17, 15) is 4.79 Å². The minimum atomic E-state index is -0.313. The highest BCUT2D eigenvalue weighted by Gasteiger charge is 2.09. The first-order valence-corrected chi connectivity index (χ1v) is 8.85. The molecule has 140 valence electrons. The number of anilines is 3. The zero-order chi connectivity index (χ0) is 19.9. The molecule has 1 amide bonds. The van der Waals surface area contributed by atoms with Gasteiger partial charge in [-0.1, -0.05) is 6.07 Å². The van der Waals surface area contributed by atoms with Crippen molar-refractivity contribution in [3.05, 3.63) is 78.1 Å². The summed E-state index contributed by atoms with van der Waals surface area (Å²) in [6.07, 6.45) is 1.65. The first-order valence-electron chi connectivity index (χ1n) is 8.85. The maximum absolute atomic E-state index is 12.5. The summed E-state index contributed by atoms with van der Waals surface area (Å²) < 4.78 is 5.59. The highest BCUT2D eigenvalue weighted by Crippen LogP contribution is 2.20. The molecule has 0 saturated heterocycles. The summed E-state index contributed by atoms with van der Waals surface area (Å²) in [4.78, 5) is 16.6. The highest BCUT2D eigenvalue weighted by atomic mass is 16.5. The highest BCUT2D eigenvalue weighted by molar-refractivity contribution is 6.03. The minimum absolute atomic E-state index is 0.0914. The molecule has 2 N–H and O–H groups in total. The van der Waals surface area contributed by atoms with Gasteiger partial charge in [0.05, 0.1) is 17.7 Å². The average molecular weight is 372 g/mol. The van der Waals surface area contributed by atoms with Gasteiger partial charge >= 0.3 is 0 Å². The molecule has 6 nitrogen and oxygen atoms in total. The van der Waals surface area contributed by atoms with E-state index in [0.29, 0.717) is 16.9 Å². The van der Waals surface area contributed by atoms with Crippen LogP contribution in [0.15, 0.2) is 66.9 Å². The van der Waals surface area contributed by atoms with Crippen LogP contribution in [-0.4, -0.2) is 17.0 Å². The number of carbonyl (C=O) groups is 1. The standard InChI is InChI=1S/C22H20N4O2/c1-15(2)28-20-8-6-17(7-9-20)26-22(27)21-13-19(10-11-24-21)25-18-5-3-4-16(12-18)14-23/h3-13,15H,1-2H3,(H,24,25)(H,26,27). The summed E-state index contributed by atoms with van der Waals surface area (Å²) in [5.41, 5.74) is 2.96. The van der Waals surface area contributed by atoms with Crippen LogP contribution >= 0.6 is 0 Å². The summed E-state index contributed by atoms with van der Waals surface area (Å²) in [7, 11) is 0. The molecule has 0 atom stereocenters. The third-order valence-corrected chi connectivity index (χ3v) is 3.76. The van der Waals surface area contributed by atoms with E-state index in [2.05, 4.69) is 21.7 Å². The molecule has 6 heteroatoms. The number of aromatic nitrogens is 1. The Labute approximate surface area is 163 Å². The molecule has 0 fully saturated rings. The molecule has 1 heterocycles. The number of amides is 1. The van der Waals surface area contributed by atoms with Gasteiger partial charge in [0.1, 0.15) is 11.4 Å². The maximum Gasteiger partial charge on any atom is 0.274 e. The van der Waals surface area contributed by atoms with E-state index in [4.69, 9.17) is 10.00 Å². The molecule has 0 aliphatic carbocycles. The van der Waals surface area contributed by atoms with Gasteiger partial charge in [-0.25, -0.2) is 0 Å². The van der Waals surface area contributed by atoms with Crippen molar-refractivity contribution >= 4 is 23.0 Å². The Morgan fingerprint density at radius 2 is 1.79 bits per heavy atom. The lowest BCUT2D eigenvalue weighted by Crippen LogP contribution is -2.14. The van der Waals surface area contributed by atoms with Crippen LogP contribution in [0.2, 0.25) is 0 Å². The Balaban J connectivity index is 1.69. The van der Waals surface area contributed by atoms with Gasteiger partial charge in [-0.15, -0.1) is 0 Å². The monoisotopic (exact) mass is 372 g/mol. The van der Waals surface area contributed by atoms with E-state index in [1.54, 1.807) is 48.7 Å². The quantitative estimate of drug-likeness (QED) is 0.653. The summed E-state index contributed by atoms with van der Waals surface area (Å²) in [6, 6.07) is 19.8. The first kappa shape index (κ1) is 18.9. The van der Waals surface area contributed by atoms with Crippen LogP contribution in [0.3, 0.4) is 0 Å². The maximum atomic E-state index is 12.5. The van der Waals surface area contributed by atoms with E-state index >= 15 is 0 Å². The zero-order valence-electron chi connectivity index (χ0n) is 15.6. The van der Waals surface area contributed by atoms with Gasteiger partial charge in [0.15, 0.2) is 0 Å². The molecule has 0 bridgehead atoms. The molecule has 0 aliphatic heterocycles. The largest absolute Gasteiger partial charge is 0.491 e. The number of carbonyl (C=O) groups excluding carboxylic acids is 1. The molecule has 0 saturated carbocycles. The van der Waals surface area contributed by atoms with Gasteiger partial charge in [0.2, 0.25) is 0 Å². The molecular formula is C22H20N4O2. The smallest absolute Gasteiger partial charge is 0.274 e. The van der Waals surface area contributed by atoms with Crippen LogP contribution < -0.4 is 15.4 Å². The van der Waals surface area contributed by atoms with Crippen molar-refractivity contribution in [2.24, 2.45) is 0 Å². The molecule has 3 aromatic rings. The fraction of sp³-hybridized carbons (Fsp3) is 0.136. The fourth-order valence-electron chi connectivity index (χ4n) is 2.55. The molecule has 0 spiro atoms. The fourth-order valence-corrected chi connectivity index (χ4v) is 2.55. The van der Waals surface area contributed by atoms with Crippen LogP contribution in [-0.2, 0) is 0 Å². The predicted molar refractivity (Wildman–Crippen MR) is 109 cm³/mol. The second kappa shape index (κ2) is 8.69. The normalized spacial score (nSPS) is 10.2. The SMILES string of the molecule is CC(C)Oc1ccc(NC(=O)c2cc(Nc3cccc(C#N)c3)ccn2)cc1.